The zero-order valence-corrected chi connectivity index (χ0v) is 12.4. The molecule has 0 aliphatic heterocycles. The van der Waals surface area contributed by atoms with Crippen LogP contribution in [-0.4, -0.2) is 19.5 Å². The number of nitrogen functional groups attached to an aromatic ring is 1. The van der Waals surface area contributed by atoms with Crippen LogP contribution in [0.2, 0.25) is 5.02 Å². The van der Waals surface area contributed by atoms with Crippen molar-refractivity contribution in [2.24, 2.45) is 5.73 Å². The zero-order chi connectivity index (χ0) is 15.9. The minimum Gasteiger partial charge on any atom is -0.382 e. The highest BCUT2D eigenvalue weighted by Crippen LogP contribution is 2.21. The van der Waals surface area contributed by atoms with Crippen molar-refractivity contribution in [2.45, 2.75) is 13.0 Å². The molecule has 1 atom stereocenters. The summed E-state index contributed by atoms with van der Waals surface area (Å²) < 4.78 is 1.31. The van der Waals surface area contributed by atoms with E-state index in [2.05, 4.69) is 15.0 Å². The molecule has 112 valence electrons. The van der Waals surface area contributed by atoms with E-state index in [1.54, 1.807) is 25.1 Å². The van der Waals surface area contributed by atoms with E-state index in [-0.39, 0.29) is 11.4 Å². The van der Waals surface area contributed by atoms with Crippen molar-refractivity contribution in [1.29, 1.82) is 0 Å². The molecule has 0 saturated heterocycles. The fraction of sp³-hybridized carbons (Fsp3) is 0.143. The number of hydrogen-bond donors (Lipinski definition) is 2. The highest BCUT2D eigenvalue weighted by molar-refractivity contribution is 6.35. The van der Waals surface area contributed by atoms with E-state index in [9.17, 15) is 4.79 Å². The molecular weight excluding hydrogens is 304 g/mol. The van der Waals surface area contributed by atoms with E-state index in [1.165, 1.54) is 17.0 Å². The van der Waals surface area contributed by atoms with Crippen LogP contribution in [0.5, 0.6) is 0 Å². The molecule has 3 rings (SSSR count). The average Bonchev–Trinajstić information content (AvgIpc) is 2.48. The molecule has 0 bridgehead atoms. The smallest absolute Gasteiger partial charge is 0.268 e. The third-order valence-corrected chi connectivity index (χ3v) is 3.48. The van der Waals surface area contributed by atoms with Crippen molar-refractivity contribution in [3.63, 3.8) is 0 Å². The van der Waals surface area contributed by atoms with Crippen molar-refractivity contribution >= 4 is 28.3 Å². The molecule has 3 aromatic rings. The molecule has 0 spiro atoms. The normalized spacial score (nSPS) is 12.5. The van der Waals surface area contributed by atoms with E-state index in [4.69, 9.17) is 23.1 Å². The highest BCUT2D eigenvalue weighted by atomic mass is 35.5. The van der Waals surface area contributed by atoms with Gasteiger partial charge < -0.3 is 11.5 Å². The molecule has 2 aromatic heterocycles. The fourth-order valence-corrected chi connectivity index (χ4v) is 2.43. The number of benzene rings is 1. The van der Waals surface area contributed by atoms with E-state index in [0.717, 1.165) is 0 Å². The Balaban J connectivity index is 2.43. The summed E-state index contributed by atoms with van der Waals surface area (Å²) >= 11 is 6.14. The fourth-order valence-electron chi connectivity index (χ4n) is 2.18. The Morgan fingerprint density at radius 2 is 2.05 bits per heavy atom. The van der Waals surface area contributed by atoms with E-state index in [0.29, 0.717) is 27.6 Å². The average molecular weight is 317 g/mol. The molecule has 0 amide bonds. The van der Waals surface area contributed by atoms with Gasteiger partial charge in [-0.15, -0.1) is 0 Å². The third-order valence-electron chi connectivity index (χ3n) is 3.17. The van der Waals surface area contributed by atoms with Crippen molar-refractivity contribution < 1.29 is 0 Å². The summed E-state index contributed by atoms with van der Waals surface area (Å²) in [4.78, 5) is 25.4. The molecule has 2 heterocycles. The monoisotopic (exact) mass is 316 g/mol. The maximum Gasteiger partial charge on any atom is 0.268 e. The Kier molecular flexibility index (Phi) is 3.51. The molecule has 1 aromatic carbocycles. The van der Waals surface area contributed by atoms with Crippen LogP contribution in [0, 0.1) is 0 Å². The number of rotatable bonds is 2. The Morgan fingerprint density at radius 3 is 2.68 bits per heavy atom. The van der Waals surface area contributed by atoms with Crippen molar-refractivity contribution in [1.82, 2.24) is 19.5 Å². The lowest BCUT2D eigenvalue weighted by Crippen LogP contribution is -2.28. The maximum absolute atomic E-state index is 12.8. The first-order chi connectivity index (χ1) is 10.5. The SMILES string of the molecule is C[C@H](N)c1nc2cccc(Cl)c2c(=O)n1-c1cnc(N)cn1. The van der Waals surface area contributed by atoms with Gasteiger partial charge in [-0.05, 0) is 19.1 Å². The van der Waals surface area contributed by atoms with Gasteiger partial charge in [0.05, 0.1) is 34.4 Å². The van der Waals surface area contributed by atoms with E-state index < -0.39 is 6.04 Å². The second kappa shape index (κ2) is 5.36. The first-order valence-corrected chi connectivity index (χ1v) is 6.91. The predicted octanol–water partition coefficient (Wildman–Crippen LogP) is 1.43. The Labute approximate surface area is 130 Å². The number of fused-ring (bicyclic) bond motifs is 1. The third kappa shape index (κ3) is 2.30. The highest BCUT2D eigenvalue weighted by Gasteiger charge is 2.18. The summed E-state index contributed by atoms with van der Waals surface area (Å²) in [6, 6.07) is 4.61. The van der Waals surface area contributed by atoms with Crippen molar-refractivity contribution in [3.05, 3.63) is 51.8 Å². The second-order valence-corrected chi connectivity index (χ2v) is 5.24. The number of nitrogens with zero attached hydrogens (tertiary/aromatic N) is 4. The summed E-state index contributed by atoms with van der Waals surface area (Å²) in [5.74, 6) is 0.922. The molecule has 0 aliphatic carbocycles. The first-order valence-electron chi connectivity index (χ1n) is 6.53. The van der Waals surface area contributed by atoms with Crippen LogP contribution < -0.4 is 17.0 Å². The standard InChI is InChI=1S/C14H13ClN6O/c1-7(16)13-20-9-4-2-3-8(15)12(9)14(22)21(13)11-6-18-10(17)5-19-11/h2-7H,16H2,1H3,(H2,17,18)/t7-/m0/s1. The lowest BCUT2D eigenvalue weighted by Gasteiger charge is -2.15. The lowest BCUT2D eigenvalue weighted by molar-refractivity contribution is 0.687. The lowest BCUT2D eigenvalue weighted by atomic mass is 10.2. The van der Waals surface area contributed by atoms with Crippen LogP contribution in [0.1, 0.15) is 18.8 Å². The molecule has 0 saturated carbocycles. The van der Waals surface area contributed by atoms with Crippen LogP contribution in [0.3, 0.4) is 0 Å². The summed E-state index contributed by atoms with van der Waals surface area (Å²) in [6.45, 7) is 1.74. The molecule has 0 aliphatic rings. The number of anilines is 1. The number of aromatic nitrogens is 4. The molecule has 22 heavy (non-hydrogen) atoms. The molecular formula is C14H13ClN6O. The summed E-state index contributed by atoms with van der Waals surface area (Å²) in [6.07, 6.45) is 2.76. The van der Waals surface area contributed by atoms with Crippen LogP contribution in [0.25, 0.3) is 16.7 Å². The van der Waals surface area contributed by atoms with E-state index >= 15 is 0 Å². The van der Waals surface area contributed by atoms with Gasteiger partial charge in [0.15, 0.2) is 5.82 Å². The number of nitrogens with two attached hydrogens (primary N) is 2. The topological polar surface area (TPSA) is 113 Å². The maximum atomic E-state index is 12.8. The molecule has 0 unspecified atom stereocenters. The van der Waals surface area contributed by atoms with Gasteiger partial charge >= 0.3 is 0 Å². The van der Waals surface area contributed by atoms with Gasteiger partial charge in [0.1, 0.15) is 11.6 Å². The molecule has 8 heteroatoms. The van der Waals surface area contributed by atoms with Gasteiger partial charge in [0.25, 0.3) is 5.56 Å². The number of hydrogen-bond acceptors (Lipinski definition) is 6. The van der Waals surface area contributed by atoms with Crippen molar-refractivity contribution in [3.8, 4) is 5.82 Å². The van der Waals surface area contributed by atoms with Gasteiger partial charge in [-0.3, -0.25) is 4.79 Å². The van der Waals surface area contributed by atoms with Crippen LogP contribution >= 0.6 is 11.6 Å². The van der Waals surface area contributed by atoms with Crippen LogP contribution in [-0.2, 0) is 0 Å². The Bertz CT molecular complexity index is 904. The zero-order valence-electron chi connectivity index (χ0n) is 11.7. The molecule has 0 fully saturated rings. The molecule has 4 N–H and O–H groups in total. The summed E-state index contributed by atoms with van der Waals surface area (Å²) in [5.41, 5.74) is 11.6. The largest absolute Gasteiger partial charge is 0.382 e. The van der Waals surface area contributed by atoms with E-state index in [1.807, 2.05) is 0 Å². The van der Waals surface area contributed by atoms with Gasteiger partial charge in [0, 0.05) is 0 Å². The minimum atomic E-state index is -0.476. The second-order valence-electron chi connectivity index (χ2n) is 4.83. The first kappa shape index (κ1) is 14.4. The minimum absolute atomic E-state index is 0.255. The predicted molar refractivity (Wildman–Crippen MR) is 85.0 cm³/mol. The quantitative estimate of drug-likeness (QED) is 0.739. The molecule has 0 radical (unpaired) electrons. The van der Waals surface area contributed by atoms with Crippen LogP contribution in [0.4, 0.5) is 5.82 Å². The van der Waals surface area contributed by atoms with Gasteiger partial charge in [-0.1, -0.05) is 17.7 Å². The van der Waals surface area contributed by atoms with Gasteiger partial charge in [-0.2, -0.15) is 0 Å². The summed E-state index contributed by atoms with van der Waals surface area (Å²) in [7, 11) is 0. The van der Waals surface area contributed by atoms with Crippen LogP contribution in [0.15, 0.2) is 35.4 Å². The number of halogens is 1. The Hall–Kier alpha value is -2.51. The molecule has 7 nitrogen and oxygen atoms in total. The summed E-state index contributed by atoms with van der Waals surface area (Å²) in [5, 5.41) is 0.635. The van der Waals surface area contributed by atoms with Gasteiger partial charge in [-0.25, -0.2) is 19.5 Å². The van der Waals surface area contributed by atoms with Crippen molar-refractivity contribution in [2.75, 3.05) is 5.73 Å². The Morgan fingerprint density at radius 1 is 1.27 bits per heavy atom. The van der Waals surface area contributed by atoms with Gasteiger partial charge in [0.2, 0.25) is 0 Å².